The highest BCUT2D eigenvalue weighted by Crippen LogP contribution is 2.20. The molecule has 0 saturated heterocycles. The fourth-order valence-electron chi connectivity index (χ4n) is 1.63. The SMILES string of the molecule is CC(C)c1nnsc1C(=O)NCc1ccccc1Br. The zero-order valence-electron chi connectivity index (χ0n) is 10.7. The Morgan fingerprint density at radius 1 is 1.42 bits per heavy atom. The summed E-state index contributed by atoms with van der Waals surface area (Å²) >= 11 is 4.60. The van der Waals surface area contributed by atoms with E-state index in [9.17, 15) is 4.79 Å². The average molecular weight is 340 g/mol. The zero-order chi connectivity index (χ0) is 13.8. The van der Waals surface area contributed by atoms with Gasteiger partial charge in [0, 0.05) is 11.0 Å². The van der Waals surface area contributed by atoms with Gasteiger partial charge in [-0.25, -0.2) is 0 Å². The topological polar surface area (TPSA) is 54.9 Å². The van der Waals surface area contributed by atoms with Crippen LogP contribution < -0.4 is 5.32 Å². The van der Waals surface area contributed by atoms with Crippen LogP contribution >= 0.6 is 27.5 Å². The van der Waals surface area contributed by atoms with Crippen LogP contribution in [0.25, 0.3) is 0 Å². The summed E-state index contributed by atoms with van der Waals surface area (Å²) in [5, 5.41) is 6.91. The minimum Gasteiger partial charge on any atom is -0.347 e. The molecular formula is C13H14BrN3OS. The molecular weight excluding hydrogens is 326 g/mol. The van der Waals surface area contributed by atoms with E-state index >= 15 is 0 Å². The number of rotatable bonds is 4. The van der Waals surface area contributed by atoms with Crippen LogP contribution in [0.15, 0.2) is 28.7 Å². The first kappa shape index (κ1) is 14.1. The molecule has 0 aliphatic heterocycles. The van der Waals surface area contributed by atoms with Gasteiger partial charge >= 0.3 is 0 Å². The van der Waals surface area contributed by atoms with Crippen LogP contribution in [0.4, 0.5) is 0 Å². The van der Waals surface area contributed by atoms with E-state index in [0.717, 1.165) is 27.3 Å². The van der Waals surface area contributed by atoms with Gasteiger partial charge in [0.05, 0.1) is 5.69 Å². The molecule has 1 heterocycles. The maximum absolute atomic E-state index is 12.1. The Labute approximate surface area is 124 Å². The Kier molecular flexibility index (Phi) is 4.66. The highest BCUT2D eigenvalue weighted by atomic mass is 79.9. The molecule has 0 fully saturated rings. The molecule has 19 heavy (non-hydrogen) atoms. The maximum Gasteiger partial charge on any atom is 0.265 e. The summed E-state index contributed by atoms with van der Waals surface area (Å²) in [5.41, 5.74) is 1.80. The molecule has 0 bridgehead atoms. The molecule has 1 N–H and O–H groups in total. The lowest BCUT2D eigenvalue weighted by atomic mass is 10.1. The number of halogens is 1. The van der Waals surface area contributed by atoms with Gasteiger partial charge in [-0.05, 0) is 29.1 Å². The zero-order valence-corrected chi connectivity index (χ0v) is 13.1. The molecule has 0 aliphatic carbocycles. The number of hydrogen-bond acceptors (Lipinski definition) is 4. The number of nitrogens with zero attached hydrogens (tertiary/aromatic N) is 2. The van der Waals surface area contributed by atoms with Gasteiger partial charge in [-0.1, -0.05) is 52.5 Å². The van der Waals surface area contributed by atoms with Crippen LogP contribution in [0.2, 0.25) is 0 Å². The number of hydrogen-bond donors (Lipinski definition) is 1. The molecule has 0 atom stereocenters. The summed E-state index contributed by atoms with van der Waals surface area (Å²) in [6, 6.07) is 7.81. The van der Waals surface area contributed by atoms with Gasteiger partial charge in [0.1, 0.15) is 4.88 Å². The smallest absolute Gasteiger partial charge is 0.265 e. The van der Waals surface area contributed by atoms with Crippen LogP contribution in [-0.2, 0) is 6.54 Å². The van der Waals surface area contributed by atoms with Crippen molar-refractivity contribution >= 4 is 33.4 Å². The van der Waals surface area contributed by atoms with Crippen molar-refractivity contribution in [1.82, 2.24) is 14.9 Å². The predicted molar refractivity (Wildman–Crippen MR) is 79.3 cm³/mol. The lowest BCUT2D eigenvalue weighted by molar-refractivity contribution is 0.0953. The monoisotopic (exact) mass is 339 g/mol. The quantitative estimate of drug-likeness (QED) is 0.929. The second-order valence-corrected chi connectivity index (χ2v) is 6.02. The lowest BCUT2D eigenvalue weighted by Crippen LogP contribution is -2.23. The van der Waals surface area contributed by atoms with Gasteiger partial charge in [-0.2, -0.15) is 0 Å². The summed E-state index contributed by atoms with van der Waals surface area (Å²) in [6.45, 7) is 4.48. The number of amides is 1. The van der Waals surface area contributed by atoms with E-state index < -0.39 is 0 Å². The fourth-order valence-corrected chi connectivity index (χ4v) is 2.79. The van der Waals surface area contributed by atoms with E-state index in [1.807, 2.05) is 38.1 Å². The number of benzene rings is 1. The summed E-state index contributed by atoms with van der Waals surface area (Å²) in [7, 11) is 0. The minimum atomic E-state index is -0.116. The Balaban J connectivity index is 2.06. The van der Waals surface area contributed by atoms with Crippen molar-refractivity contribution in [2.75, 3.05) is 0 Å². The van der Waals surface area contributed by atoms with Gasteiger partial charge in [0.15, 0.2) is 0 Å². The second kappa shape index (κ2) is 6.25. The molecule has 1 amide bonds. The molecule has 1 aromatic carbocycles. The fraction of sp³-hybridized carbons (Fsp3) is 0.308. The summed E-state index contributed by atoms with van der Waals surface area (Å²) in [6.07, 6.45) is 0. The van der Waals surface area contributed by atoms with Gasteiger partial charge in [-0.3, -0.25) is 4.79 Å². The highest BCUT2D eigenvalue weighted by Gasteiger charge is 2.18. The largest absolute Gasteiger partial charge is 0.347 e. The maximum atomic E-state index is 12.1. The number of nitrogens with one attached hydrogen (secondary N) is 1. The van der Waals surface area contributed by atoms with Crippen LogP contribution in [0.1, 0.15) is 40.7 Å². The van der Waals surface area contributed by atoms with E-state index in [1.165, 1.54) is 0 Å². The Morgan fingerprint density at radius 2 is 2.16 bits per heavy atom. The van der Waals surface area contributed by atoms with Crippen LogP contribution in [-0.4, -0.2) is 15.5 Å². The third kappa shape index (κ3) is 3.39. The molecule has 0 unspecified atom stereocenters. The van der Waals surface area contributed by atoms with Crippen LogP contribution in [0.3, 0.4) is 0 Å². The number of carbonyl (C=O) groups is 1. The molecule has 0 spiro atoms. The predicted octanol–water partition coefficient (Wildman–Crippen LogP) is 3.35. The second-order valence-electron chi connectivity index (χ2n) is 4.42. The third-order valence-electron chi connectivity index (χ3n) is 2.66. The number of aromatic nitrogens is 2. The van der Waals surface area contributed by atoms with Crippen molar-refractivity contribution in [2.24, 2.45) is 0 Å². The Morgan fingerprint density at radius 3 is 2.84 bits per heavy atom. The standard InChI is InChI=1S/C13H14BrN3OS/c1-8(2)11-12(19-17-16-11)13(18)15-7-9-5-3-4-6-10(9)14/h3-6,8H,7H2,1-2H3,(H,15,18). The normalized spacial score (nSPS) is 10.7. The molecule has 0 radical (unpaired) electrons. The van der Waals surface area contributed by atoms with Gasteiger partial charge in [0.25, 0.3) is 5.91 Å². The van der Waals surface area contributed by atoms with E-state index in [1.54, 1.807) is 0 Å². The van der Waals surface area contributed by atoms with Gasteiger partial charge in [-0.15, -0.1) is 5.10 Å². The Bertz CT molecular complexity index is 583. The molecule has 2 rings (SSSR count). The van der Waals surface area contributed by atoms with E-state index in [2.05, 4.69) is 30.8 Å². The molecule has 0 aliphatic rings. The molecule has 0 saturated carbocycles. The molecule has 1 aromatic heterocycles. The van der Waals surface area contributed by atoms with Crippen molar-refractivity contribution in [3.05, 3.63) is 44.9 Å². The summed E-state index contributed by atoms with van der Waals surface area (Å²) in [5.74, 6) is 0.0809. The van der Waals surface area contributed by atoms with Crippen molar-refractivity contribution < 1.29 is 4.79 Å². The highest BCUT2D eigenvalue weighted by molar-refractivity contribution is 9.10. The van der Waals surface area contributed by atoms with E-state index in [4.69, 9.17) is 0 Å². The molecule has 4 nitrogen and oxygen atoms in total. The van der Waals surface area contributed by atoms with Gasteiger partial charge in [0.2, 0.25) is 0 Å². The van der Waals surface area contributed by atoms with E-state index in [-0.39, 0.29) is 11.8 Å². The third-order valence-corrected chi connectivity index (χ3v) is 4.18. The van der Waals surface area contributed by atoms with Crippen molar-refractivity contribution in [3.8, 4) is 0 Å². The first-order chi connectivity index (χ1) is 9.09. The van der Waals surface area contributed by atoms with Crippen LogP contribution in [0.5, 0.6) is 0 Å². The van der Waals surface area contributed by atoms with Crippen molar-refractivity contribution in [1.29, 1.82) is 0 Å². The molecule has 100 valence electrons. The lowest BCUT2D eigenvalue weighted by Gasteiger charge is -2.07. The molecule has 2 aromatic rings. The first-order valence-electron chi connectivity index (χ1n) is 5.93. The first-order valence-corrected chi connectivity index (χ1v) is 7.50. The average Bonchev–Trinajstić information content (AvgIpc) is 2.87. The number of carbonyl (C=O) groups excluding carboxylic acids is 1. The van der Waals surface area contributed by atoms with Gasteiger partial charge < -0.3 is 5.32 Å². The van der Waals surface area contributed by atoms with Crippen LogP contribution in [0, 0.1) is 0 Å². The minimum absolute atomic E-state index is 0.116. The van der Waals surface area contributed by atoms with Crippen molar-refractivity contribution in [2.45, 2.75) is 26.3 Å². The summed E-state index contributed by atoms with van der Waals surface area (Å²) < 4.78 is 4.85. The van der Waals surface area contributed by atoms with Crippen molar-refractivity contribution in [3.63, 3.8) is 0 Å². The summed E-state index contributed by atoms with van der Waals surface area (Å²) in [4.78, 5) is 12.7. The molecule has 6 heteroatoms. The van der Waals surface area contributed by atoms with E-state index in [0.29, 0.717) is 11.4 Å². The Hall–Kier alpha value is -1.27.